The Morgan fingerprint density at radius 1 is 1.10 bits per heavy atom. The van der Waals surface area contributed by atoms with Crippen molar-refractivity contribution in [3.63, 3.8) is 0 Å². The fourth-order valence-corrected chi connectivity index (χ4v) is 2.62. The van der Waals surface area contributed by atoms with E-state index in [4.69, 9.17) is 10.5 Å². The lowest BCUT2D eigenvalue weighted by molar-refractivity contribution is 0.304. The Kier molecular flexibility index (Phi) is 4.33. The molecule has 4 heteroatoms. The molecule has 0 heterocycles. The number of halogens is 2. The Labute approximate surface area is 126 Å². The second-order valence-corrected chi connectivity index (χ2v) is 5.82. The van der Waals surface area contributed by atoms with Crippen LogP contribution in [0.5, 0.6) is 5.75 Å². The van der Waals surface area contributed by atoms with Gasteiger partial charge in [0.1, 0.15) is 18.2 Å². The molecule has 0 fully saturated rings. The van der Waals surface area contributed by atoms with Crippen molar-refractivity contribution in [1.82, 2.24) is 0 Å². The van der Waals surface area contributed by atoms with Crippen LogP contribution in [-0.4, -0.2) is 0 Å². The summed E-state index contributed by atoms with van der Waals surface area (Å²) in [6.07, 6.45) is 0. The van der Waals surface area contributed by atoms with Crippen LogP contribution in [0.3, 0.4) is 0 Å². The highest BCUT2D eigenvalue weighted by Gasteiger charge is 2.09. The maximum Gasteiger partial charge on any atom is 0.145 e. The molecule has 2 rings (SSSR count). The van der Waals surface area contributed by atoms with Gasteiger partial charge in [0.25, 0.3) is 0 Å². The van der Waals surface area contributed by atoms with Crippen molar-refractivity contribution in [3.8, 4) is 5.75 Å². The van der Waals surface area contributed by atoms with Crippen LogP contribution in [0, 0.1) is 26.6 Å². The maximum atomic E-state index is 13.5. The molecular weight excluding hydrogens is 321 g/mol. The summed E-state index contributed by atoms with van der Waals surface area (Å²) in [7, 11) is 0. The molecule has 0 atom stereocenters. The molecular formula is C16H17BrFNO. The van der Waals surface area contributed by atoms with Crippen molar-refractivity contribution in [3.05, 3.63) is 56.8 Å². The van der Waals surface area contributed by atoms with E-state index >= 15 is 0 Å². The van der Waals surface area contributed by atoms with Gasteiger partial charge in [-0.05, 0) is 59.5 Å². The van der Waals surface area contributed by atoms with E-state index in [2.05, 4.69) is 35.0 Å². The molecule has 2 nitrogen and oxygen atoms in total. The van der Waals surface area contributed by atoms with E-state index in [9.17, 15) is 4.39 Å². The number of nitrogen functional groups attached to an aromatic ring is 1. The van der Waals surface area contributed by atoms with Crippen LogP contribution in [0.1, 0.15) is 22.3 Å². The highest BCUT2D eigenvalue weighted by molar-refractivity contribution is 9.10. The van der Waals surface area contributed by atoms with E-state index in [1.165, 1.54) is 28.8 Å². The van der Waals surface area contributed by atoms with Gasteiger partial charge in [0.15, 0.2) is 0 Å². The highest BCUT2D eigenvalue weighted by atomic mass is 79.9. The van der Waals surface area contributed by atoms with Crippen LogP contribution in [0.15, 0.2) is 28.7 Å². The quantitative estimate of drug-likeness (QED) is 0.825. The summed E-state index contributed by atoms with van der Waals surface area (Å²) < 4.78 is 19.5. The van der Waals surface area contributed by atoms with E-state index in [0.29, 0.717) is 22.5 Å². The predicted molar refractivity (Wildman–Crippen MR) is 83.5 cm³/mol. The first-order chi connectivity index (χ1) is 9.38. The fourth-order valence-electron chi connectivity index (χ4n) is 2.26. The molecule has 0 aliphatic carbocycles. The lowest BCUT2D eigenvalue weighted by Gasteiger charge is -2.14. The van der Waals surface area contributed by atoms with Crippen LogP contribution < -0.4 is 10.5 Å². The first-order valence-electron chi connectivity index (χ1n) is 6.32. The van der Waals surface area contributed by atoms with Crippen LogP contribution in [0.2, 0.25) is 0 Å². The van der Waals surface area contributed by atoms with Gasteiger partial charge in [0, 0.05) is 6.07 Å². The van der Waals surface area contributed by atoms with Gasteiger partial charge >= 0.3 is 0 Å². The Morgan fingerprint density at radius 2 is 1.70 bits per heavy atom. The Balaban J connectivity index is 2.23. The first-order valence-corrected chi connectivity index (χ1v) is 7.12. The molecule has 0 saturated heterocycles. The van der Waals surface area contributed by atoms with Gasteiger partial charge in [0.05, 0.1) is 10.2 Å². The molecule has 0 saturated carbocycles. The van der Waals surface area contributed by atoms with Crippen LogP contribution in [0.25, 0.3) is 0 Å². The summed E-state index contributed by atoms with van der Waals surface area (Å²) in [5.41, 5.74) is 10.9. The SMILES string of the molecule is Cc1cc(C)c(COc2cc(F)c(Br)cc2N)c(C)c1. The molecule has 0 aromatic heterocycles. The maximum absolute atomic E-state index is 13.5. The Morgan fingerprint density at radius 3 is 2.30 bits per heavy atom. The molecule has 0 radical (unpaired) electrons. The van der Waals surface area contributed by atoms with Gasteiger partial charge < -0.3 is 10.5 Å². The average molecular weight is 338 g/mol. The molecule has 106 valence electrons. The largest absolute Gasteiger partial charge is 0.487 e. The molecule has 0 aliphatic heterocycles. The van der Waals surface area contributed by atoms with E-state index in [1.54, 1.807) is 0 Å². The van der Waals surface area contributed by atoms with Crippen molar-refractivity contribution >= 4 is 21.6 Å². The molecule has 2 aromatic carbocycles. The van der Waals surface area contributed by atoms with Crippen LogP contribution >= 0.6 is 15.9 Å². The van der Waals surface area contributed by atoms with Crippen molar-refractivity contribution < 1.29 is 9.13 Å². The summed E-state index contributed by atoms with van der Waals surface area (Å²) in [6.45, 7) is 6.53. The molecule has 2 aromatic rings. The van der Waals surface area contributed by atoms with Crippen LogP contribution in [-0.2, 0) is 6.61 Å². The van der Waals surface area contributed by atoms with Gasteiger partial charge in [-0.3, -0.25) is 0 Å². The van der Waals surface area contributed by atoms with Crippen molar-refractivity contribution in [2.75, 3.05) is 5.73 Å². The minimum absolute atomic E-state index is 0.338. The third-order valence-corrected chi connectivity index (χ3v) is 3.87. The summed E-state index contributed by atoms with van der Waals surface area (Å²) in [5.74, 6) is -0.0170. The van der Waals surface area contributed by atoms with Gasteiger partial charge in [-0.1, -0.05) is 17.7 Å². The number of benzene rings is 2. The van der Waals surface area contributed by atoms with E-state index in [-0.39, 0.29) is 5.82 Å². The Bertz CT molecular complexity index is 632. The zero-order valence-electron chi connectivity index (χ0n) is 11.8. The zero-order valence-corrected chi connectivity index (χ0v) is 13.3. The first kappa shape index (κ1) is 14.9. The molecule has 20 heavy (non-hydrogen) atoms. The van der Waals surface area contributed by atoms with Gasteiger partial charge in [-0.2, -0.15) is 0 Å². The second-order valence-electron chi connectivity index (χ2n) is 4.97. The predicted octanol–water partition coefficient (Wildman–Crippen LogP) is 4.67. The van der Waals surface area contributed by atoms with Crippen molar-refractivity contribution in [1.29, 1.82) is 0 Å². The monoisotopic (exact) mass is 337 g/mol. The number of anilines is 1. The Hall–Kier alpha value is -1.55. The van der Waals surface area contributed by atoms with Crippen molar-refractivity contribution in [2.24, 2.45) is 0 Å². The molecule has 0 spiro atoms. The van der Waals surface area contributed by atoms with Gasteiger partial charge in [0.2, 0.25) is 0 Å². The number of nitrogens with two attached hydrogens (primary N) is 1. The highest BCUT2D eigenvalue weighted by Crippen LogP contribution is 2.29. The normalized spacial score (nSPS) is 10.7. The van der Waals surface area contributed by atoms with E-state index < -0.39 is 0 Å². The molecule has 0 unspecified atom stereocenters. The topological polar surface area (TPSA) is 35.2 Å². The molecule has 2 N–H and O–H groups in total. The number of rotatable bonds is 3. The third kappa shape index (κ3) is 3.12. The second kappa shape index (κ2) is 5.83. The minimum Gasteiger partial charge on any atom is -0.487 e. The number of aryl methyl sites for hydroxylation is 3. The van der Waals surface area contributed by atoms with Crippen molar-refractivity contribution in [2.45, 2.75) is 27.4 Å². The molecule has 0 aliphatic rings. The fraction of sp³-hybridized carbons (Fsp3) is 0.250. The van der Waals surface area contributed by atoms with Gasteiger partial charge in [-0.15, -0.1) is 0 Å². The molecule has 0 bridgehead atoms. The average Bonchev–Trinajstić information content (AvgIpc) is 2.33. The summed E-state index contributed by atoms with van der Waals surface area (Å²) in [6, 6.07) is 7.03. The summed E-state index contributed by atoms with van der Waals surface area (Å²) >= 11 is 3.10. The zero-order chi connectivity index (χ0) is 14.9. The summed E-state index contributed by atoms with van der Waals surface area (Å²) in [4.78, 5) is 0. The van der Waals surface area contributed by atoms with E-state index in [0.717, 1.165) is 5.56 Å². The van der Waals surface area contributed by atoms with Crippen LogP contribution in [0.4, 0.5) is 10.1 Å². The standard InChI is InChI=1S/C16H17BrFNO/c1-9-4-10(2)12(11(3)5-9)8-20-16-7-14(18)13(17)6-15(16)19/h4-7H,8,19H2,1-3H3. The smallest absolute Gasteiger partial charge is 0.145 e. The molecule has 0 amide bonds. The number of hydrogen-bond donors (Lipinski definition) is 1. The lowest BCUT2D eigenvalue weighted by atomic mass is 10.0. The summed E-state index contributed by atoms with van der Waals surface area (Å²) in [5, 5.41) is 0. The lowest BCUT2D eigenvalue weighted by Crippen LogP contribution is -2.03. The van der Waals surface area contributed by atoms with Gasteiger partial charge in [-0.25, -0.2) is 4.39 Å². The third-order valence-electron chi connectivity index (χ3n) is 3.27. The minimum atomic E-state index is -0.383. The number of hydrogen-bond acceptors (Lipinski definition) is 2. The number of ether oxygens (including phenoxy) is 1. The van der Waals surface area contributed by atoms with E-state index in [1.807, 2.05) is 13.8 Å².